The Morgan fingerprint density at radius 2 is 1.75 bits per heavy atom. The van der Waals surface area contributed by atoms with Crippen molar-refractivity contribution >= 4 is 5.91 Å². The Balaban J connectivity index is 1.61. The quantitative estimate of drug-likeness (QED) is 0.655. The monoisotopic (exact) mass is 375 g/mol. The first-order valence-corrected chi connectivity index (χ1v) is 9.69. The van der Waals surface area contributed by atoms with Crippen LogP contribution in [0, 0.1) is 27.7 Å². The van der Waals surface area contributed by atoms with Crippen molar-refractivity contribution in [2.75, 3.05) is 0 Å². The van der Waals surface area contributed by atoms with E-state index in [4.69, 9.17) is 4.52 Å². The van der Waals surface area contributed by atoms with Gasteiger partial charge >= 0.3 is 0 Å². The van der Waals surface area contributed by atoms with Gasteiger partial charge in [-0.2, -0.15) is 4.98 Å². The van der Waals surface area contributed by atoms with E-state index in [1.54, 1.807) is 0 Å². The summed E-state index contributed by atoms with van der Waals surface area (Å²) in [5.41, 5.74) is 6.85. The minimum absolute atomic E-state index is 0.135. The van der Waals surface area contributed by atoms with Crippen molar-refractivity contribution in [3.63, 3.8) is 0 Å². The van der Waals surface area contributed by atoms with Gasteiger partial charge in [-0.15, -0.1) is 0 Å². The van der Waals surface area contributed by atoms with Crippen molar-refractivity contribution in [1.29, 1.82) is 0 Å². The van der Waals surface area contributed by atoms with E-state index < -0.39 is 0 Å². The first-order chi connectivity index (χ1) is 13.4. The number of benzene rings is 2. The molecule has 1 fully saturated rings. The zero-order valence-corrected chi connectivity index (χ0v) is 16.8. The van der Waals surface area contributed by atoms with Crippen LogP contribution in [0.4, 0.5) is 0 Å². The highest BCUT2D eigenvalue weighted by Crippen LogP contribution is 2.35. The Morgan fingerprint density at radius 3 is 2.46 bits per heavy atom. The van der Waals surface area contributed by atoms with Crippen molar-refractivity contribution < 1.29 is 9.32 Å². The summed E-state index contributed by atoms with van der Waals surface area (Å²) >= 11 is 0. The van der Waals surface area contributed by atoms with Gasteiger partial charge in [-0.05, 0) is 50.8 Å². The SMILES string of the molecule is Cc1ccc(CN2C(=O)CCC2c2nc(-c3ccc(C)cc3C)no2)c(C)c1. The van der Waals surface area contributed by atoms with Gasteiger partial charge in [0.2, 0.25) is 17.6 Å². The third-order valence-corrected chi connectivity index (χ3v) is 5.52. The summed E-state index contributed by atoms with van der Waals surface area (Å²) in [6, 6.07) is 12.3. The van der Waals surface area contributed by atoms with Gasteiger partial charge in [-0.25, -0.2) is 0 Å². The van der Waals surface area contributed by atoms with Crippen LogP contribution in [-0.2, 0) is 11.3 Å². The number of aromatic nitrogens is 2. The summed E-state index contributed by atoms with van der Waals surface area (Å²) in [6.45, 7) is 8.84. The number of hydrogen-bond donors (Lipinski definition) is 0. The average Bonchev–Trinajstić information content (AvgIpc) is 3.25. The molecule has 1 saturated heterocycles. The van der Waals surface area contributed by atoms with Crippen LogP contribution < -0.4 is 0 Å². The smallest absolute Gasteiger partial charge is 0.249 e. The van der Waals surface area contributed by atoms with E-state index in [0.717, 1.165) is 16.7 Å². The number of hydrogen-bond acceptors (Lipinski definition) is 4. The molecule has 2 aromatic carbocycles. The Morgan fingerprint density at radius 1 is 1.04 bits per heavy atom. The van der Waals surface area contributed by atoms with Crippen molar-refractivity contribution in [1.82, 2.24) is 15.0 Å². The van der Waals surface area contributed by atoms with E-state index in [9.17, 15) is 4.79 Å². The zero-order chi connectivity index (χ0) is 19.8. The molecule has 0 aliphatic carbocycles. The second-order valence-corrected chi connectivity index (χ2v) is 7.78. The van der Waals surface area contributed by atoms with Crippen LogP contribution in [0.2, 0.25) is 0 Å². The van der Waals surface area contributed by atoms with Crippen LogP contribution in [0.25, 0.3) is 11.4 Å². The van der Waals surface area contributed by atoms with E-state index in [2.05, 4.69) is 55.2 Å². The number of carbonyl (C=O) groups excluding carboxylic acids is 1. The fraction of sp³-hybridized carbons (Fsp3) is 0.348. The molecule has 5 heteroatoms. The van der Waals surface area contributed by atoms with Crippen LogP contribution in [0.15, 0.2) is 40.9 Å². The molecule has 1 atom stereocenters. The molecule has 3 aromatic rings. The highest BCUT2D eigenvalue weighted by Gasteiger charge is 2.36. The van der Waals surface area contributed by atoms with E-state index in [1.165, 1.54) is 16.7 Å². The highest BCUT2D eigenvalue weighted by molar-refractivity contribution is 5.79. The Kier molecular flexibility index (Phi) is 4.75. The first kappa shape index (κ1) is 18.4. The van der Waals surface area contributed by atoms with E-state index in [1.807, 2.05) is 24.0 Å². The maximum atomic E-state index is 12.5. The average molecular weight is 375 g/mol. The predicted octanol–water partition coefficient (Wildman–Crippen LogP) is 4.83. The summed E-state index contributed by atoms with van der Waals surface area (Å²) in [5, 5.41) is 4.19. The zero-order valence-electron chi connectivity index (χ0n) is 16.8. The molecular weight excluding hydrogens is 350 g/mol. The number of carbonyl (C=O) groups is 1. The predicted molar refractivity (Wildman–Crippen MR) is 108 cm³/mol. The molecule has 28 heavy (non-hydrogen) atoms. The molecule has 0 spiro atoms. The summed E-state index contributed by atoms with van der Waals surface area (Å²) in [4.78, 5) is 19.1. The lowest BCUT2D eigenvalue weighted by molar-refractivity contribution is -0.130. The van der Waals surface area contributed by atoms with Gasteiger partial charge in [0.05, 0.1) is 0 Å². The van der Waals surface area contributed by atoms with Crippen LogP contribution in [0.5, 0.6) is 0 Å². The van der Waals surface area contributed by atoms with Gasteiger partial charge in [-0.3, -0.25) is 4.79 Å². The fourth-order valence-electron chi connectivity index (χ4n) is 3.94. The number of nitrogens with zero attached hydrogens (tertiary/aromatic N) is 3. The van der Waals surface area contributed by atoms with Crippen molar-refractivity contribution in [2.24, 2.45) is 0 Å². The summed E-state index contributed by atoms with van der Waals surface area (Å²) in [7, 11) is 0. The molecule has 0 N–H and O–H groups in total. The molecule has 1 aliphatic rings. The standard InChI is InChI=1S/C23H25N3O2/c1-14-5-7-18(16(3)11-14)13-26-20(9-10-21(26)27)23-24-22(25-28-23)19-8-6-15(2)12-17(19)4/h5-8,11-12,20H,9-10,13H2,1-4H3. The van der Waals surface area contributed by atoms with Crippen LogP contribution in [-0.4, -0.2) is 20.9 Å². The summed E-state index contributed by atoms with van der Waals surface area (Å²) in [6.07, 6.45) is 1.22. The van der Waals surface area contributed by atoms with E-state index >= 15 is 0 Å². The molecular formula is C23H25N3O2. The molecule has 0 radical (unpaired) electrons. The van der Waals surface area contributed by atoms with Crippen LogP contribution >= 0.6 is 0 Å². The van der Waals surface area contributed by atoms with Crippen molar-refractivity contribution in [3.8, 4) is 11.4 Å². The lowest BCUT2D eigenvalue weighted by atomic mass is 10.0. The number of rotatable bonds is 4. The molecule has 4 rings (SSSR count). The normalized spacial score (nSPS) is 16.8. The van der Waals surface area contributed by atoms with Crippen molar-refractivity contribution in [2.45, 2.75) is 53.1 Å². The second-order valence-electron chi connectivity index (χ2n) is 7.78. The topological polar surface area (TPSA) is 59.2 Å². The van der Waals surface area contributed by atoms with Gasteiger partial charge in [-0.1, -0.05) is 52.7 Å². The minimum Gasteiger partial charge on any atom is -0.337 e. The Bertz CT molecular complexity index is 1040. The lowest BCUT2D eigenvalue weighted by Crippen LogP contribution is -2.27. The summed E-state index contributed by atoms with van der Waals surface area (Å²) < 4.78 is 5.60. The van der Waals surface area contributed by atoms with Gasteiger partial charge in [0.1, 0.15) is 6.04 Å². The van der Waals surface area contributed by atoms with Crippen LogP contribution in [0.3, 0.4) is 0 Å². The molecule has 2 heterocycles. The lowest BCUT2D eigenvalue weighted by Gasteiger charge is -2.23. The van der Waals surface area contributed by atoms with Gasteiger partial charge in [0.25, 0.3) is 0 Å². The maximum Gasteiger partial charge on any atom is 0.249 e. The molecule has 1 amide bonds. The molecule has 1 aromatic heterocycles. The van der Waals surface area contributed by atoms with Crippen LogP contribution in [0.1, 0.15) is 52.6 Å². The molecule has 1 unspecified atom stereocenters. The number of aryl methyl sites for hydroxylation is 4. The Labute approximate surface area is 165 Å². The van der Waals surface area contributed by atoms with Gasteiger partial charge in [0, 0.05) is 18.5 Å². The molecule has 5 nitrogen and oxygen atoms in total. The first-order valence-electron chi connectivity index (χ1n) is 9.69. The molecule has 0 bridgehead atoms. The fourth-order valence-corrected chi connectivity index (χ4v) is 3.94. The molecule has 0 saturated carbocycles. The van der Waals surface area contributed by atoms with Gasteiger partial charge in [0.15, 0.2) is 0 Å². The number of likely N-dealkylation sites (tertiary alicyclic amines) is 1. The molecule has 1 aliphatic heterocycles. The van der Waals surface area contributed by atoms with Crippen molar-refractivity contribution in [3.05, 3.63) is 70.1 Å². The van der Waals surface area contributed by atoms with E-state index in [-0.39, 0.29) is 11.9 Å². The van der Waals surface area contributed by atoms with E-state index in [0.29, 0.717) is 31.1 Å². The third kappa shape index (κ3) is 3.44. The van der Waals surface area contributed by atoms with Gasteiger partial charge < -0.3 is 9.42 Å². The maximum absolute atomic E-state index is 12.5. The highest BCUT2D eigenvalue weighted by atomic mass is 16.5. The minimum atomic E-state index is -0.166. The third-order valence-electron chi connectivity index (χ3n) is 5.52. The Hall–Kier alpha value is -2.95. The second kappa shape index (κ2) is 7.23. The molecule has 144 valence electrons. The largest absolute Gasteiger partial charge is 0.337 e. The number of amides is 1. The summed E-state index contributed by atoms with van der Waals surface area (Å²) in [5.74, 6) is 1.24.